The Hall–Kier alpha value is -2.64. The highest BCUT2D eigenvalue weighted by molar-refractivity contribution is 9.10. The largest absolute Gasteiger partial charge is 0.492 e. The Labute approximate surface area is 219 Å². The molecule has 184 valence electrons. The van der Waals surface area contributed by atoms with Gasteiger partial charge in [0.05, 0.1) is 17.9 Å². The van der Waals surface area contributed by atoms with Crippen LogP contribution in [0.4, 0.5) is 10.7 Å². The smallest absolute Gasteiger partial charge is 0.259 e. The summed E-state index contributed by atoms with van der Waals surface area (Å²) >= 11 is 4.94. The van der Waals surface area contributed by atoms with Gasteiger partial charge in [0.25, 0.3) is 11.8 Å². The topological polar surface area (TPSA) is 67.4 Å². The number of anilines is 2. The van der Waals surface area contributed by atoms with Crippen molar-refractivity contribution in [1.82, 2.24) is 0 Å². The van der Waals surface area contributed by atoms with Gasteiger partial charge in [-0.1, -0.05) is 48.8 Å². The van der Waals surface area contributed by atoms with Gasteiger partial charge in [0, 0.05) is 14.9 Å². The molecule has 2 N–H and O–H groups in total. The summed E-state index contributed by atoms with van der Waals surface area (Å²) in [5, 5.41) is 6.67. The van der Waals surface area contributed by atoms with Gasteiger partial charge in [-0.2, -0.15) is 0 Å². The number of benzene rings is 2. The number of rotatable bonds is 6. The average molecular weight is 556 g/mol. The number of carbonyl (C=O) groups is 2. The van der Waals surface area contributed by atoms with Crippen LogP contribution in [-0.4, -0.2) is 18.4 Å². The van der Waals surface area contributed by atoms with Gasteiger partial charge in [0.1, 0.15) is 10.8 Å². The van der Waals surface area contributed by atoms with Crippen molar-refractivity contribution in [3.63, 3.8) is 0 Å². The number of fused-ring (bicyclic) bond motifs is 1. The van der Waals surface area contributed by atoms with Crippen LogP contribution in [0.15, 0.2) is 53.0 Å². The first-order valence-corrected chi connectivity index (χ1v) is 13.5. The van der Waals surface area contributed by atoms with E-state index in [0.717, 1.165) is 29.3 Å². The molecule has 2 amide bonds. The van der Waals surface area contributed by atoms with Gasteiger partial charge in [-0.25, -0.2) is 0 Å². The second kappa shape index (κ2) is 10.5. The van der Waals surface area contributed by atoms with Crippen molar-refractivity contribution in [2.24, 2.45) is 11.3 Å². The fourth-order valence-corrected chi connectivity index (χ4v) is 6.05. The van der Waals surface area contributed by atoms with Crippen LogP contribution in [0.5, 0.6) is 5.75 Å². The second-order valence-corrected chi connectivity index (χ2v) is 11.9. The van der Waals surface area contributed by atoms with Crippen LogP contribution in [0.1, 0.15) is 65.3 Å². The molecule has 3 aromatic rings. The summed E-state index contributed by atoms with van der Waals surface area (Å²) in [5.41, 5.74) is 2.96. The molecular weight excluding hydrogens is 524 g/mol. The molecule has 1 unspecified atom stereocenters. The lowest BCUT2D eigenvalue weighted by Gasteiger charge is -2.33. The van der Waals surface area contributed by atoms with Crippen LogP contribution >= 0.6 is 27.3 Å². The molecule has 1 atom stereocenters. The number of hydrogen-bond acceptors (Lipinski definition) is 4. The van der Waals surface area contributed by atoms with Crippen molar-refractivity contribution in [2.45, 2.75) is 47.0 Å². The summed E-state index contributed by atoms with van der Waals surface area (Å²) in [4.78, 5) is 27.9. The molecule has 0 saturated heterocycles. The maximum Gasteiger partial charge on any atom is 0.259 e. The number of para-hydroxylation sites is 2. The SMILES string of the molecule is CCOc1ccccc1NC(=O)c1c(NC(=O)c2ccc(Br)cc2)sc2c1CCC(C(C)(C)C)C2. The van der Waals surface area contributed by atoms with Crippen LogP contribution in [-0.2, 0) is 12.8 Å². The van der Waals surface area contributed by atoms with Gasteiger partial charge in [0.2, 0.25) is 0 Å². The van der Waals surface area contributed by atoms with Crippen molar-refractivity contribution in [2.75, 3.05) is 17.2 Å². The van der Waals surface area contributed by atoms with E-state index >= 15 is 0 Å². The Kier molecular flexibility index (Phi) is 7.67. The predicted octanol–water partition coefficient (Wildman–Crippen LogP) is 7.56. The van der Waals surface area contributed by atoms with Gasteiger partial charge in [-0.15, -0.1) is 11.3 Å². The molecule has 1 aliphatic carbocycles. The zero-order valence-electron chi connectivity index (χ0n) is 20.5. The number of halogens is 1. The molecule has 5 nitrogen and oxygen atoms in total. The maximum atomic E-state index is 13.6. The Morgan fingerprint density at radius 3 is 2.46 bits per heavy atom. The lowest BCUT2D eigenvalue weighted by atomic mass is 9.72. The second-order valence-electron chi connectivity index (χ2n) is 9.86. The lowest BCUT2D eigenvalue weighted by Crippen LogP contribution is -2.27. The standard InChI is InChI=1S/C28H31BrN2O3S/c1-5-34-22-9-7-6-8-21(22)30-26(33)24-20-15-12-18(28(2,3)4)16-23(20)35-27(24)31-25(32)17-10-13-19(29)14-11-17/h6-11,13-14,18H,5,12,15-16H2,1-4H3,(H,30,33)(H,31,32). The monoisotopic (exact) mass is 554 g/mol. The molecule has 1 aromatic heterocycles. The first-order valence-electron chi connectivity index (χ1n) is 11.9. The van der Waals surface area contributed by atoms with E-state index in [2.05, 4.69) is 47.3 Å². The van der Waals surface area contributed by atoms with Crippen molar-refractivity contribution < 1.29 is 14.3 Å². The van der Waals surface area contributed by atoms with E-state index in [4.69, 9.17) is 4.74 Å². The molecule has 35 heavy (non-hydrogen) atoms. The van der Waals surface area contributed by atoms with Gasteiger partial charge in [0.15, 0.2) is 0 Å². The number of nitrogens with one attached hydrogen (secondary N) is 2. The van der Waals surface area contributed by atoms with Gasteiger partial charge in [-0.05, 0) is 79.5 Å². The third-order valence-corrected chi connectivity index (χ3v) is 8.18. The van der Waals surface area contributed by atoms with Crippen molar-refractivity contribution in [3.05, 3.63) is 74.6 Å². The number of carbonyl (C=O) groups excluding carboxylic acids is 2. The minimum Gasteiger partial charge on any atom is -0.492 e. The molecular formula is C28H31BrN2O3S. The maximum absolute atomic E-state index is 13.6. The zero-order valence-corrected chi connectivity index (χ0v) is 22.9. The zero-order chi connectivity index (χ0) is 25.2. The summed E-state index contributed by atoms with van der Waals surface area (Å²) in [7, 11) is 0. The molecule has 0 radical (unpaired) electrons. The minimum atomic E-state index is -0.229. The summed E-state index contributed by atoms with van der Waals surface area (Å²) in [6, 6.07) is 14.6. The highest BCUT2D eigenvalue weighted by atomic mass is 79.9. The summed E-state index contributed by atoms with van der Waals surface area (Å²) < 4.78 is 6.60. The Morgan fingerprint density at radius 2 is 1.77 bits per heavy atom. The molecule has 1 aliphatic rings. The fraction of sp³-hybridized carbons (Fsp3) is 0.357. The fourth-order valence-electron chi connectivity index (χ4n) is 4.47. The van der Waals surface area contributed by atoms with Crippen molar-refractivity contribution >= 4 is 49.8 Å². The van der Waals surface area contributed by atoms with E-state index in [9.17, 15) is 9.59 Å². The summed E-state index contributed by atoms with van der Waals surface area (Å²) in [5.74, 6) is 0.696. The van der Waals surface area contributed by atoms with Crippen LogP contribution in [0.3, 0.4) is 0 Å². The molecule has 0 saturated carbocycles. The number of amides is 2. The van der Waals surface area contributed by atoms with E-state index in [0.29, 0.717) is 40.1 Å². The number of ether oxygens (including phenoxy) is 1. The molecule has 1 heterocycles. The van der Waals surface area contributed by atoms with Crippen molar-refractivity contribution in [3.8, 4) is 5.75 Å². The highest BCUT2D eigenvalue weighted by Crippen LogP contribution is 2.44. The third-order valence-electron chi connectivity index (χ3n) is 6.49. The van der Waals surface area contributed by atoms with E-state index < -0.39 is 0 Å². The first-order chi connectivity index (χ1) is 16.7. The summed E-state index contributed by atoms with van der Waals surface area (Å²) in [6.07, 6.45) is 2.74. The van der Waals surface area contributed by atoms with E-state index in [1.165, 1.54) is 16.2 Å². The molecule has 0 aliphatic heterocycles. The number of hydrogen-bond donors (Lipinski definition) is 2. The van der Waals surface area contributed by atoms with Gasteiger partial charge < -0.3 is 15.4 Å². The Bertz CT molecular complexity index is 1230. The molecule has 0 fully saturated rings. The molecule has 0 spiro atoms. The third kappa shape index (κ3) is 5.78. The van der Waals surface area contributed by atoms with Crippen LogP contribution in [0, 0.1) is 11.3 Å². The van der Waals surface area contributed by atoms with Crippen molar-refractivity contribution in [1.29, 1.82) is 0 Å². The Morgan fingerprint density at radius 1 is 1.06 bits per heavy atom. The van der Waals surface area contributed by atoms with Gasteiger partial charge >= 0.3 is 0 Å². The average Bonchev–Trinajstić information content (AvgIpc) is 3.17. The minimum absolute atomic E-state index is 0.182. The highest BCUT2D eigenvalue weighted by Gasteiger charge is 2.34. The summed E-state index contributed by atoms with van der Waals surface area (Å²) in [6.45, 7) is 9.22. The Balaban J connectivity index is 1.69. The molecule has 2 aromatic carbocycles. The molecule has 4 rings (SSSR count). The quantitative estimate of drug-likeness (QED) is 0.330. The van der Waals surface area contributed by atoms with E-state index in [1.54, 1.807) is 12.1 Å². The lowest BCUT2D eigenvalue weighted by molar-refractivity contribution is 0.102. The van der Waals surface area contributed by atoms with Crippen LogP contribution in [0.2, 0.25) is 0 Å². The predicted molar refractivity (Wildman–Crippen MR) is 147 cm³/mol. The molecule has 7 heteroatoms. The molecule has 0 bridgehead atoms. The van der Waals surface area contributed by atoms with E-state index in [-0.39, 0.29) is 17.2 Å². The van der Waals surface area contributed by atoms with Gasteiger partial charge in [-0.3, -0.25) is 9.59 Å². The van der Waals surface area contributed by atoms with Crippen LogP contribution in [0.25, 0.3) is 0 Å². The van der Waals surface area contributed by atoms with E-state index in [1.807, 2.05) is 43.3 Å². The van der Waals surface area contributed by atoms with Crippen LogP contribution < -0.4 is 15.4 Å². The number of thiophene rings is 1. The first kappa shape index (κ1) is 25.5. The normalized spacial score (nSPS) is 15.3.